The number of halogens is 1. The van der Waals surface area contributed by atoms with Crippen molar-refractivity contribution in [1.29, 1.82) is 0 Å². The molecule has 39 heavy (non-hydrogen) atoms. The van der Waals surface area contributed by atoms with Crippen molar-refractivity contribution < 1.29 is 4.74 Å². The standard InChI is InChI=1S/C29H30ClN7OS/c1-4-18(9-19-5-8-24-23(27(19)30)14-35-37-24)28(31)17(2)11-34-20-6-7-22(25(10-20)38-3)29(26-15-39-26)36-21-12-32-16-33-13-21/h5-8,10-14,16,18,36H,4,9,15,31H2,1-3H3,(H,35,37)/b28-17?,29-26-,34-11?. The molecule has 0 bridgehead atoms. The number of nitrogens with zero attached hydrogens (tertiary/aromatic N) is 4. The maximum absolute atomic E-state index is 6.67. The number of fused-ring (bicyclic) bond motifs is 1. The van der Waals surface area contributed by atoms with Gasteiger partial charge in [-0.3, -0.25) is 10.1 Å². The number of aromatic amines is 1. The SMILES string of the molecule is CCC(Cc1ccc2[nH]ncc2c1Cl)C(N)=C(C)C=Nc1ccc(/C(Nc2cncnc2)=C2\CS2)c(OC)c1. The number of anilines is 1. The second-order valence-corrected chi connectivity index (χ2v) is 10.7. The first kappa shape index (κ1) is 26.8. The third-order valence-corrected chi connectivity index (χ3v) is 7.98. The predicted octanol–water partition coefficient (Wildman–Crippen LogP) is 6.75. The van der Waals surface area contributed by atoms with E-state index in [9.17, 15) is 0 Å². The minimum absolute atomic E-state index is 0.133. The Balaban J connectivity index is 1.35. The average molecular weight is 560 g/mol. The second-order valence-electron chi connectivity index (χ2n) is 9.30. The van der Waals surface area contributed by atoms with Gasteiger partial charge in [0.2, 0.25) is 0 Å². The Hall–Kier alpha value is -3.82. The lowest BCUT2D eigenvalue weighted by atomic mass is 9.91. The molecule has 2 aromatic heterocycles. The van der Waals surface area contributed by atoms with Gasteiger partial charge < -0.3 is 15.8 Å². The van der Waals surface area contributed by atoms with Gasteiger partial charge in [0.25, 0.3) is 0 Å². The molecule has 0 radical (unpaired) electrons. The summed E-state index contributed by atoms with van der Waals surface area (Å²) < 4.78 is 5.75. The molecule has 1 saturated heterocycles. The zero-order valence-corrected chi connectivity index (χ0v) is 23.6. The van der Waals surface area contributed by atoms with Crippen molar-refractivity contribution in [3.05, 3.63) is 87.6 Å². The van der Waals surface area contributed by atoms with E-state index in [-0.39, 0.29) is 5.92 Å². The van der Waals surface area contributed by atoms with E-state index in [2.05, 4.69) is 32.4 Å². The molecular weight excluding hydrogens is 530 g/mol. The first-order valence-corrected chi connectivity index (χ1v) is 14.0. The van der Waals surface area contributed by atoms with Crippen molar-refractivity contribution in [2.24, 2.45) is 16.6 Å². The van der Waals surface area contributed by atoms with Gasteiger partial charge in [-0.2, -0.15) is 5.10 Å². The normalized spacial score (nSPS) is 15.8. The van der Waals surface area contributed by atoms with E-state index in [1.807, 2.05) is 43.5 Å². The van der Waals surface area contributed by atoms with E-state index in [0.29, 0.717) is 0 Å². The molecule has 4 aromatic rings. The van der Waals surface area contributed by atoms with Crippen molar-refractivity contribution in [2.75, 3.05) is 18.2 Å². The quantitative estimate of drug-likeness (QED) is 0.145. The largest absolute Gasteiger partial charge is 0.496 e. The first-order valence-electron chi connectivity index (χ1n) is 12.7. The van der Waals surface area contributed by atoms with Gasteiger partial charge in [0.05, 0.1) is 53.3 Å². The lowest BCUT2D eigenvalue weighted by Gasteiger charge is -2.18. The third kappa shape index (κ3) is 6.10. The highest BCUT2D eigenvalue weighted by Crippen LogP contribution is 2.44. The first-order chi connectivity index (χ1) is 19.0. The lowest BCUT2D eigenvalue weighted by Crippen LogP contribution is -2.16. The molecule has 4 N–H and O–H groups in total. The molecule has 5 rings (SSSR count). The van der Waals surface area contributed by atoms with Crippen LogP contribution < -0.4 is 15.8 Å². The number of nitrogens with one attached hydrogen (secondary N) is 2. The van der Waals surface area contributed by atoms with Crippen LogP contribution in [0.3, 0.4) is 0 Å². The van der Waals surface area contributed by atoms with Crippen LogP contribution in [-0.2, 0) is 6.42 Å². The van der Waals surface area contributed by atoms with E-state index in [1.54, 1.807) is 37.5 Å². The number of hydrogen-bond donors (Lipinski definition) is 3. The Morgan fingerprint density at radius 3 is 2.77 bits per heavy atom. The summed E-state index contributed by atoms with van der Waals surface area (Å²) in [6, 6.07) is 9.98. The van der Waals surface area contributed by atoms with Crippen molar-refractivity contribution in [1.82, 2.24) is 20.2 Å². The smallest absolute Gasteiger partial charge is 0.130 e. The number of allylic oxidation sites excluding steroid dienone is 2. The van der Waals surface area contributed by atoms with E-state index in [1.165, 1.54) is 11.2 Å². The fraction of sp³-hybridized carbons (Fsp3) is 0.241. The Kier molecular flexibility index (Phi) is 8.18. The maximum atomic E-state index is 6.67. The number of aromatic nitrogens is 4. The van der Waals surface area contributed by atoms with Crippen molar-refractivity contribution in [2.45, 2.75) is 26.7 Å². The molecule has 0 amide bonds. The van der Waals surface area contributed by atoms with E-state index < -0.39 is 0 Å². The van der Waals surface area contributed by atoms with Crippen LogP contribution in [0, 0.1) is 5.92 Å². The number of benzene rings is 2. The van der Waals surface area contributed by atoms with E-state index in [4.69, 9.17) is 27.1 Å². The molecule has 1 aliphatic rings. The molecule has 2 aromatic carbocycles. The van der Waals surface area contributed by atoms with Gasteiger partial charge in [-0.25, -0.2) is 9.97 Å². The molecule has 0 saturated carbocycles. The van der Waals surface area contributed by atoms with Crippen molar-refractivity contribution in [3.8, 4) is 5.75 Å². The Bertz CT molecular complexity index is 1570. The summed E-state index contributed by atoms with van der Waals surface area (Å²) in [6.07, 6.45) is 10.2. The van der Waals surface area contributed by atoms with Crippen molar-refractivity contribution >= 4 is 57.6 Å². The maximum Gasteiger partial charge on any atom is 0.130 e. The number of rotatable bonds is 10. The average Bonchev–Trinajstić information content (AvgIpc) is 3.70. The molecule has 10 heteroatoms. The van der Waals surface area contributed by atoms with E-state index in [0.717, 1.165) is 79.7 Å². The monoisotopic (exact) mass is 559 g/mol. The highest BCUT2D eigenvalue weighted by molar-refractivity contribution is 8.11. The molecule has 200 valence electrons. The minimum atomic E-state index is 0.133. The summed E-state index contributed by atoms with van der Waals surface area (Å²) in [4.78, 5) is 14.2. The highest BCUT2D eigenvalue weighted by atomic mass is 35.5. The summed E-state index contributed by atoms with van der Waals surface area (Å²) >= 11 is 8.47. The number of hydrogen-bond acceptors (Lipinski definition) is 8. The molecule has 1 aliphatic heterocycles. The number of nitrogens with two attached hydrogens (primary N) is 1. The van der Waals surface area contributed by atoms with E-state index >= 15 is 0 Å². The summed E-state index contributed by atoms with van der Waals surface area (Å²) in [5.41, 5.74) is 13.9. The van der Waals surface area contributed by atoms with Gasteiger partial charge in [0.1, 0.15) is 12.1 Å². The Morgan fingerprint density at radius 2 is 2.05 bits per heavy atom. The molecule has 1 fully saturated rings. The summed E-state index contributed by atoms with van der Waals surface area (Å²) in [7, 11) is 1.67. The highest BCUT2D eigenvalue weighted by Gasteiger charge is 2.23. The summed E-state index contributed by atoms with van der Waals surface area (Å²) in [6.45, 7) is 4.13. The topological polar surface area (TPSA) is 114 Å². The van der Waals surface area contributed by atoms with Crippen LogP contribution in [0.5, 0.6) is 5.75 Å². The molecule has 8 nitrogen and oxygen atoms in total. The van der Waals surface area contributed by atoms with Crippen LogP contribution in [-0.4, -0.2) is 39.2 Å². The summed E-state index contributed by atoms with van der Waals surface area (Å²) in [5, 5.41) is 12.1. The number of ether oxygens (including phenoxy) is 1. The Morgan fingerprint density at radius 1 is 1.26 bits per heavy atom. The van der Waals surface area contributed by atoms with Crippen LogP contribution in [0.4, 0.5) is 11.4 Å². The molecule has 3 heterocycles. The second kappa shape index (κ2) is 11.9. The fourth-order valence-electron chi connectivity index (χ4n) is 4.44. The zero-order valence-electron chi connectivity index (χ0n) is 22.0. The number of H-pyrrole nitrogens is 1. The van der Waals surface area contributed by atoms with Gasteiger partial charge in [-0.1, -0.05) is 24.6 Å². The van der Waals surface area contributed by atoms with Gasteiger partial charge in [-0.05, 0) is 49.1 Å². The zero-order chi connectivity index (χ0) is 27.4. The van der Waals surface area contributed by atoms with Gasteiger partial charge in [0, 0.05) is 45.5 Å². The van der Waals surface area contributed by atoms with Gasteiger partial charge in [-0.15, -0.1) is 11.8 Å². The fourth-order valence-corrected chi connectivity index (χ4v) is 5.25. The van der Waals surface area contributed by atoms with Gasteiger partial charge in [0.15, 0.2) is 0 Å². The number of aliphatic imine (C=N–C) groups is 1. The Labute approximate surface area is 236 Å². The number of methoxy groups -OCH3 is 1. The molecule has 1 unspecified atom stereocenters. The number of thioether (sulfide) groups is 1. The molecular formula is C29H30ClN7OS. The van der Waals surface area contributed by atoms with Crippen LogP contribution in [0.1, 0.15) is 31.4 Å². The minimum Gasteiger partial charge on any atom is -0.496 e. The molecule has 1 atom stereocenters. The van der Waals surface area contributed by atoms with Crippen LogP contribution in [0.2, 0.25) is 5.02 Å². The van der Waals surface area contributed by atoms with Crippen LogP contribution in [0.15, 0.2) is 76.4 Å². The molecule has 0 aliphatic carbocycles. The lowest BCUT2D eigenvalue weighted by molar-refractivity contribution is 0.413. The van der Waals surface area contributed by atoms with Gasteiger partial charge >= 0.3 is 0 Å². The van der Waals surface area contributed by atoms with Crippen molar-refractivity contribution in [3.63, 3.8) is 0 Å². The molecule has 0 spiro atoms. The van der Waals surface area contributed by atoms with Crippen LogP contribution in [0.25, 0.3) is 16.6 Å². The third-order valence-electron chi connectivity index (χ3n) is 6.75. The summed E-state index contributed by atoms with van der Waals surface area (Å²) in [5.74, 6) is 1.84. The van der Waals surface area contributed by atoms with Crippen LogP contribution >= 0.6 is 23.4 Å². The predicted molar refractivity (Wildman–Crippen MR) is 162 cm³/mol.